The molecule has 26 heavy (non-hydrogen) atoms. The van der Waals surface area contributed by atoms with E-state index in [2.05, 4.69) is 15.9 Å². The topological polar surface area (TPSA) is 38.3 Å². The van der Waals surface area contributed by atoms with Crippen LogP contribution in [0, 0.1) is 0 Å². The van der Waals surface area contributed by atoms with Gasteiger partial charge in [0.1, 0.15) is 6.61 Å². The van der Waals surface area contributed by atoms with E-state index in [0.29, 0.717) is 17.7 Å². The normalized spacial score (nSPS) is 12.0. The Bertz CT molecular complexity index is 755. The van der Waals surface area contributed by atoms with Gasteiger partial charge in [-0.3, -0.25) is 5.32 Å². The number of amides is 1. The molecule has 1 amide bonds. The van der Waals surface area contributed by atoms with Crippen molar-refractivity contribution in [3.05, 3.63) is 63.6 Å². The van der Waals surface area contributed by atoms with Crippen LogP contribution >= 0.6 is 15.9 Å². The van der Waals surface area contributed by atoms with Gasteiger partial charge in [0.15, 0.2) is 0 Å². The third-order valence-electron chi connectivity index (χ3n) is 3.15. The van der Waals surface area contributed by atoms with Crippen LogP contribution < -0.4 is 5.32 Å². The van der Waals surface area contributed by atoms with Gasteiger partial charge in [0.05, 0.1) is 16.8 Å². The van der Waals surface area contributed by atoms with Crippen LogP contribution in [0.3, 0.4) is 0 Å². The number of benzene rings is 2. The van der Waals surface area contributed by atoms with Gasteiger partial charge in [-0.15, -0.1) is 0 Å². The maximum absolute atomic E-state index is 13.1. The maximum Gasteiger partial charge on any atom is 0.418 e. The van der Waals surface area contributed by atoms with Crippen molar-refractivity contribution in [3.8, 4) is 0 Å². The number of ether oxygens (including phenoxy) is 1. The molecule has 10 heteroatoms. The van der Waals surface area contributed by atoms with E-state index in [1.165, 1.54) is 0 Å². The molecule has 0 aliphatic carbocycles. The predicted molar refractivity (Wildman–Crippen MR) is 84.4 cm³/mol. The van der Waals surface area contributed by atoms with Crippen molar-refractivity contribution in [2.75, 3.05) is 5.32 Å². The van der Waals surface area contributed by atoms with Crippen molar-refractivity contribution in [2.45, 2.75) is 19.0 Å². The Morgan fingerprint density at radius 1 is 0.962 bits per heavy atom. The standard InChI is InChI=1S/C16H10BrF6NO2/c17-10-6-11(15(18,19)20)13(12(7-10)16(21,22)23)24-14(25)26-8-9-4-2-1-3-5-9/h1-7H,8H2,(H,24,25). The number of rotatable bonds is 3. The van der Waals surface area contributed by atoms with Crippen molar-refractivity contribution < 1.29 is 35.9 Å². The molecule has 0 spiro atoms. The summed E-state index contributed by atoms with van der Waals surface area (Å²) in [5.41, 5.74) is -4.18. The molecule has 0 fully saturated rings. The summed E-state index contributed by atoms with van der Waals surface area (Å²) in [4.78, 5) is 11.7. The van der Waals surface area contributed by atoms with Crippen LogP contribution in [0.15, 0.2) is 46.9 Å². The summed E-state index contributed by atoms with van der Waals surface area (Å²) in [7, 11) is 0. The Kier molecular flexibility index (Phi) is 5.84. The predicted octanol–water partition coefficient (Wildman–Crippen LogP) is 6.24. The first-order chi connectivity index (χ1) is 12.0. The van der Waals surface area contributed by atoms with Crippen LogP contribution in [0.5, 0.6) is 0 Å². The van der Waals surface area contributed by atoms with E-state index in [9.17, 15) is 31.1 Å². The van der Waals surface area contributed by atoms with E-state index in [1.54, 1.807) is 35.6 Å². The number of alkyl halides is 6. The SMILES string of the molecule is O=C(Nc1c(C(F)(F)F)cc(Br)cc1C(F)(F)F)OCc1ccccc1. The van der Waals surface area contributed by atoms with Crippen LogP contribution in [0.25, 0.3) is 0 Å². The Hall–Kier alpha value is -2.23. The smallest absolute Gasteiger partial charge is 0.418 e. The quantitative estimate of drug-likeness (QED) is 0.572. The molecular formula is C16H10BrF6NO2. The molecule has 140 valence electrons. The highest BCUT2D eigenvalue weighted by atomic mass is 79.9. The van der Waals surface area contributed by atoms with Crippen LogP contribution in [0.1, 0.15) is 16.7 Å². The number of carbonyl (C=O) groups is 1. The van der Waals surface area contributed by atoms with Gasteiger partial charge in [0.25, 0.3) is 0 Å². The fourth-order valence-corrected chi connectivity index (χ4v) is 2.51. The van der Waals surface area contributed by atoms with E-state index >= 15 is 0 Å². The minimum atomic E-state index is -5.12. The lowest BCUT2D eigenvalue weighted by molar-refractivity contribution is -0.141. The average Bonchev–Trinajstić information content (AvgIpc) is 2.53. The molecule has 0 unspecified atom stereocenters. The van der Waals surface area contributed by atoms with Crippen molar-refractivity contribution in [2.24, 2.45) is 0 Å². The average molecular weight is 442 g/mol. The summed E-state index contributed by atoms with van der Waals surface area (Å²) in [6.45, 7) is -0.314. The van der Waals surface area contributed by atoms with Crippen molar-refractivity contribution in [1.82, 2.24) is 0 Å². The number of carbonyl (C=O) groups excluding carboxylic acids is 1. The second kappa shape index (κ2) is 7.56. The van der Waals surface area contributed by atoms with Crippen LogP contribution in [-0.4, -0.2) is 6.09 Å². The number of nitrogens with one attached hydrogen (secondary N) is 1. The molecule has 0 bridgehead atoms. The van der Waals surface area contributed by atoms with E-state index in [0.717, 1.165) is 0 Å². The lowest BCUT2D eigenvalue weighted by Crippen LogP contribution is -2.22. The lowest BCUT2D eigenvalue weighted by atomic mass is 10.1. The minimum absolute atomic E-state index is 0.314. The number of halogens is 7. The van der Waals surface area contributed by atoms with Gasteiger partial charge in [0.2, 0.25) is 0 Å². The first-order valence-corrected chi connectivity index (χ1v) is 7.73. The Balaban J connectivity index is 2.32. The van der Waals surface area contributed by atoms with E-state index in [1.807, 2.05) is 0 Å². The lowest BCUT2D eigenvalue weighted by Gasteiger charge is -2.19. The fraction of sp³-hybridized carbons (Fsp3) is 0.188. The zero-order chi connectivity index (χ0) is 19.5. The van der Waals surface area contributed by atoms with Gasteiger partial charge < -0.3 is 4.74 Å². The van der Waals surface area contributed by atoms with Gasteiger partial charge in [-0.25, -0.2) is 4.79 Å². The first kappa shape index (κ1) is 20.1. The monoisotopic (exact) mass is 441 g/mol. The molecule has 0 saturated heterocycles. The van der Waals surface area contributed by atoms with Crippen molar-refractivity contribution >= 4 is 27.7 Å². The van der Waals surface area contributed by atoms with Gasteiger partial charge in [-0.05, 0) is 17.7 Å². The highest BCUT2D eigenvalue weighted by Gasteiger charge is 2.42. The molecule has 1 N–H and O–H groups in total. The third kappa shape index (κ3) is 5.13. The Morgan fingerprint density at radius 2 is 1.46 bits per heavy atom. The van der Waals surface area contributed by atoms with Crippen molar-refractivity contribution in [1.29, 1.82) is 0 Å². The highest BCUT2D eigenvalue weighted by Crippen LogP contribution is 2.44. The number of hydrogen-bond acceptors (Lipinski definition) is 2. The second-order valence-corrected chi connectivity index (χ2v) is 5.97. The summed E-state index contributed by atoms with van der Waals surface area (Å²) in [6.07, 6.45) is -11.7. The van der Waals surface area contributed by atoms with Crippen LogP contribution in [0.2, 0.25) is 0 Å². The second-order valence-electron chi connectivity index (χ2n) is 5.06. The minimum Gasteiger partial charge on any atom is -0.444 e. The fourth-order valence-electron chi connectivity index (χ4n) is 2.05. The molecule has 0 radical (unpaired) electrons. The van der Waals surface area contributed by atoms with Gasteiger partial charge in [0, 0.05) is 4.47 Å². The van der Waals surface area contributed by atoms with E-state index < -0.39 is 39.7 Å². The largest absolute Gasteiger partial charge is 0.444 e. The molecule has 0 saturated carbocycles. The zero-order valence-corrected chi connectivity index (χ0v) is 14.3. The molecule has 2 rings (SSSR count). The number of anilines is 1. The summed E-state index contributed by atoms with van der Waals surface area (Å²) >= 11 is 2.62. The molecule has 0 aliphatic heterocycles. The molecule has 0 aliphatic rings. The Morgan fingerprint density at radius 3 is 1.92 bits per heavy atom. The molecular weight excluding hydrogens is 432 g/mol. The van der Waals surface area contributed by atoms with E-state index in [4.69, 9.17) is 4.74 Å². The molecule has 3 nitrogen and oxygen atoms in total. The molecule has 2 aromatic carbocycles. The van der Waals surface area contributed by atoms with E-state index in [-0.39, 0.29) is 6.61 Å². The molecule has 0 heterocycles. The summed E-state index contributed by atoms with van der Waals surface area (Å²) in [5.74, 6) is 0. The summed E-state index contributed by atoms with van der Waals surface area (Å²) in [6, 6.07) is 9.01. The van der Waals surface area contributed by atoms with Crippen LogP contribution in [0.4, 0.5) is 36.8 Å². The number of hydrogen-bond donors (Lipinski definition) is 1. The third-order valence-corrected chi connectivity index (χ3v) is 3.61. The zero-order valence-electron chi connectivity index (χ0n) is 12.7. The molecule has 0 atom stereocenters. The summed E-state index contributed by atoms with van der Waals surface area (Å²) < 4.78 is 83.0. The van der Waals surface area contributed by atoms with Crippen molar-refractivity contribution in [3.63, 3.8) is 0 Å². The van der Waals surface area contributed by atoms with Crippen LogP contribution in [-0.2, 0) is 23.7 Å². The Labute approximate surface area is 152 Å². The van der Waals surface area contributed by atoms with Gasteiger partial charge in [-0.2, -0.15) is 26.3 Å². The van der Waals surface area contributed by atoms with Gasteiger partial charge >= 0.3 is 18.4 Å². The first-order valence-electron chi connectivity index (χ1n) is 6.94. The molecule has 0 aromatic heterocycles. The van der Waals surface area contributed by atoms with Gasteiger partial charge in [-0.1, -0.05) is 46.3 Å². The summed E-state index contributed by atoms with van der Waals surface area (Å²) in [5, 5.41) is 1.57. The molecule has 2 aromatic rings. The highest BCUT2D eigenvalue weighted by molar-refractivity contribution is 9.10. The maximum atomic E-state index is 13.1.